The van der Waals surface area contributed by atoms with Gasteiger partial charge in [-0.3, -0.25) is 4.55 Å². The predicted molar refractivity (Wildman–Crippen MR) is 128 cm³/mol. The first kappa shape index (κ1) is 25.4. The van der Waals surface area contributed by atoms with Gasteiger partial charge in [0.05, 0.1) is 4.90 Å². The summed E-state index contributed by atoms with van der Waals surface area (Å²) in [5.74, 6) is 1.24. The molecule has 0 spiro atoms. The Balaban J connectivity index is 1.56. The maximum absolute atomic E-state index is 11.1. The quantitative estimate of drug-likeness (QED) is 0.210. The Hall–Kier alpha value is -1.85. The predicted octanol–water partition coefficient (Wildman–Crippen LogP) is 7.97. The third kappa shape index (κ3) is 10.8. The fourth-order valence-electron chi connectivity index (χ4n) is 3.71. The van der Waals surface area contributed by atoms with Gasteiger partial charge < -0.3 is 4.74 Å². The zero-order valence-electron chi connectivity index (χ0n) is 18.9. The molecule has 4 nitrogen and oxygen atoms in total. The second-order valence-electron chi connectivity index (χ2n) is 8.33. The topological polar surface area (TPSA) is 63.6 Å². The molecule has 0 bridgehead atoms. The molecule has 0 amide bonds. The van der Waals surface area contributed by atoms with E-state index in [0.717, 1.165) is 6.42 Å². The molecule has 1 N–H and O–H groups in total. The lowest BCUT2D eigenvalue weighted by Crippen LogP contribution is -1.97. The van der Waals surface area contributed by atoms with E-state index in [1.54, 1.807) is 0 Å². The normalized spacial score (nSPS) is 11.5. The number of rotatable bonds is 16. The van der Waals surface area contributed by atoms with Crippen molar-refractivity contribution in [2.24, 2.45) is 0 Å². The molecule has 0 aliphatic carbocycles. The molecule has 0 radical (unpaired) electrons. The van der Waals surface area contributed by atoms with Gasteiger partial charge in [0, 0.05) is 0 Å². The van der Waals surface area contributed by atoms with Crippen molar-refractivity contribution in [1.29, 1.82) is 0 Å². The number of benzene rings is 2. The van der Waals surface area contributed by atoms with Gasteiger partial charge in [0.25, 0.3) is 10.1 Å². The molecule has 0 aliphatic heterocycles. The second kappa shape index (κ2) is 14.3. The summed E-state index contributed by atoms with van der Waals surface area (Å²) in [4.78, 5) is -0.141. The lowest BCUT2D eigenvalue weighted by atomic mass is 10.0. The van der Waals surface area contributed by atoms with Crippen LogP contribution in [0, 0.1) is 0 Å². The van der Waals surface area contributed by atoms with E-state index in [9.17, 15) is 8.42 Å². The number of hydrogen-bond acceptors (Lipinski definition) is 3. The van der Waals surface area contributed by atoms with Gasteiger partial charge in [-0.15, -0.1) is 0 Å². The third-order valence-electron chi connectivity index (χ3n) is 5.60. The van der Waals surface area contributed by atoms with E-state index in [4.69, 9.17) is 9.29 Å². The smallest absolute Gasteiger partial charge is 0.294 e. The van der Waals surface area contributed by atoms with Crippen LogP contribution >= 0.6 is 0 Å². The molecular formula is C26H38O4S. The largest absolute Gasteiger partial charge is 0.457 e. The first-order valence-electron chi connectivity index (χ1n) is 11.8. The summed E-state index contributed by atoms with van der Waals surface area (Å²) in [6, 6.07) is 13.8. The molecule has 0 fully saturated rings. The van der Waals surface area contributed by atoms with Crippen molar-refractivity contribution in [1.82, 2.24) is 0 Å². The van der Waals surface area contributed by atoms with E-state index in [-0.39, 0.29) is 4.90 Å². The highest BCUT2D eigenvalue weighted by Gasteiger charge is 2.09. The summed E-state index contributed by atoms with van der Waals surface area (Å²) in [6.07, 6.45) is 17.4. The lowest BCUT2D eigenvalue weighted by Gasteiger charge is -2.08. The molecule has 0 atom stereocenters. The molecule has 0 saturated carbocycles. The molecule has 2 aromatic carbocycles. The van der Waals surface area contributed by atoms with Crippen molar-refractivity contribution in [3.8, 4) is 11.5 Å². The molecule has 0 aromatic heterocycles. The van der Waals surface area contributed by atoms with Gasteiger partial charge >= 0.3 is 0 Å². The van der Waals surface area contributed by atoms with Gasteiger partial charge in [-0.1, -0.05) is 89.7 Å². The zero-order valence-corrected chi connectivity index (χ0v) is 19.7. The molecule has 0 heterocycles. The monoisotopic (exact) mass is 446 g/mol. The fourth-order valence-corrected chi connectivity index (χ4v) is 4.19. The van der Waals surface area contributed by atoms with Crippen molar-refractivity contribution < 1.29 is 17.7 Å². The van der Waals surface area contributed by atoms with Gasteiger partial charge in [0.1, 0.15) is 11.5 Å². The molecule has 172 valence electrons. The Morgan fingerprint density at radius 1 is 0.645 bits per heavy atom. The summed E-state index contributed by atoms with van der Waals surface area (Å²) in [6.45, 7) is 2.27. The summed E-state index contributed by atoms with van der Waals surface area (Å²) < 4.78 is 36.9. The van der Waals surface area contributed by atoms with Crippen LogP contribution < -0.4 is 4.74 Å². The van der Waals surface area contributed by atoms with E-state index in [0.29, 0.717) is 11.5 Å². The summed E-state index contributed by atoms with van der Waals surface area (Å²) in [5, 5.41) is 0. The van der Waals surface area contributed by atoms with Crippen LogP contribution in [0.4, 0.5) is 0 Å². The van der Waals surface area contributed by atoms with Gasteiger partial charge in [-0.2, -0.15) is 8.42 Å². The third-order valence-corrected chi connectivity index (χ3v) is 6.47. The summed E-state index contributed by atoms with van der Waals surface area (Å²) in [5.41, 5.74) is 1.31. The van der Waals surface area contributed by atoms with Gasteiger partial charge in [0.15, 0.2) is 0 Å². The zero-order chi connectivity index (χ0) is 22.4. The Bertz CT molecular complexity index is 827. The van der Waals surface area contributed by atoms with Crippen molar-refractivity contribution in [2.75, 3.05) is 0 Å². The highest BCUT2D eigenvalue weighted by Crippen LogP contribution is 2.24. The Kier molecular flexibility index (Phi) is 11.7. The summed E-state index contributed by atoms with van der Waals surface area (Å²) in [7, 11) is -4.18. The fraction of sp³-hybridized carbons (Fsp3) is 0.538. The molecule has 2 aromatic rings. The first-order chi connectivity index (χ1) is 15.0. The van der Waals surface area contributed by atoms with Crippen LogP contribution in [0.1, 0.15) is 89.5 Å². The molecule has 0 unspecified atom stereocenters. The van der Waals surface area contributed by atoms with Gasteiger partial charge in [-0.25, -0.2) is 0 Å². The van der Waals surface area contributed by atoms with Crippen LogP contribution in [0.3, 0.4) is 0 Å². The van der Waals surface area contributed by atoms with Crippen molar-refractivity contribution in [3.05, 3.63) is 54.1 Å². The SMILES string of the molecule is CCCCCCCCCCCCCCc1ccc(Oc2ccc(S(=O)(=O)O)cc2)cc1. The van der Waals surface area contributed by atoms with Crippen molar-refractivity contribution in [3.63, 3.8) is 0 Å². The van der Waals surface area contributed by atoms with E-state index < -0.39 is 10.1 Å². The number of unbranched alkanes of at least 4 members (excludes halogenated alkanes) is 11. The maximum Gasteiger partial charge on any atom is 0.294 e. The van der Waals surface area contributed by atoms with E-state index in [1.165, 1.54) is 107 Å². The van der Waals surface area contributed by atoms with E-state index >= 15 is 0 Å². The molecule has 0 aliphatic rings. The summed E-state index contributed by atoms with van der Waals surface area (Å²) >= 11 is 0. The molecule has 2 rings (SSSR count). The van der Waals surface area contributed by atoms with Crippen LogP contribution in [0.25, 0.3) is 0 Å². The minimum Gasteiger partial charge on any atom is -0.457 e. The van der Waals surface area contributed by atoms with E-state index in [1.807, 2.05) is 12.1 Å². The van der Waals surface area contributed by atoms with Crippen LogP contribution in [0.2, 0.25) is 0 Å². The Labute approximate surface area is 188 Å². The molecule has 5 heteroatoms. The number of aryl methyl sites for hydroxylation is 1. The number of hydrogen-bond donors (Lipinski definition) is 1. The highest BCUT2D eigenvalue weighted by molar-refractivity contribution is 7.85. The van der Waals surface area contributed by atoms with Gasteiger partial charge in [-0.05, 0) is 54.8 Å². The Morgan fingerprint density at radius 2 is 1.06 bits per heavy atom. The lowest BCUT2D eigenvalue weighted by molar-refractivity contribution is 0.478. The standard InChI is InChI=1S/C26H38O4S/c1-2-3-4-5-6-7-8-9-10-11-12-13-14-23-15-17-24(18-16-23)30-25-19-21-26(22-20-25)31(27,28)29/h15-22H,2-14H2,1H3,(H,27,28,29). The van der Waals surface area contributed by atoms with Crippen LogP contribution in [0.15, 0.2) is 53.4 Å². The highest BCUT2D eigenvalue weighted by atomic mass is 32.2. The molecule has 31 heavy (non-hydrogen) atoms. The van der Waals surface area contributed by atoms with Crippen LogP contribution in [0.5, 0.6) is 11.5 Å². The van der Waals surface area contributed by atoms with Gasteiger partial charge in [0.2, 0.25) is 0 Å². The molecule has 0 saturated heterocycles. The van der Waals surface area contributed by atoms with Crippen molar-refractivity contribution >= 4 is 10.1 Å². The van der Waals surface area contributed by atoms with E-state index in [2.05, 4.69) is 19.1 Å². The average Bonchev–Trinajstić information content (AvgIpc) is 2.75. The number of ether oxygens (including phenoxy) is 1. The molecular weight excluding hydrogens is 408 g/mol. The maximum atomic E-state index is 11.1. The van der Waals surface area contributed by atoms with Crippen molar-refractivity contribution in [2.45, 2.75) is 95.3 Å². The minimum absolute atomic E-state index is 0.141. The Morgan fingerprint density at radius 3 is 1.52 bits per heavy atom. The van der Waals surface area contributed by atoms with Crippen LogP contribution in [-0.2, 0) is 16.5 Å². The minimum atomic E-state index is -4.18. The second-order valence-corrected chi connectivity index (χ2v) is 9.75. The van der Waals surface area contributed by atoms with Crippen LogP contribution in [-0.4, -0.2) is 13.0 Å². The average molecular weight is 447 g/mol. The first-order valence-corrected chi connectivity index (χ1v) is 13.3.